The van der Waals surface area contributed by atoms with Gasteiger partial charge in [0.15, 0.2) is 11.5 Å². The molecule has 100 valence electrons. The Morgan fingerprint density at radius 1 is 0.895 bits per heavy atom. The van der Waals surface area contributed by atoms with E-state index >= 15 is 0 Å². The van der Waals surface area contributed by atoms with Crippen LogP contribution in [0.2, 0.25) is 0 Å². The van der Waals surface area contributed by atoms with Gasteiger partial charge in [0, 0.05) is 0 Å². The summed E-state index contributed by atoms with van der Waals surface area (Å²) in [5.74, 6) is 0.998. The molecule has 2 aromatic carbocycles. The van der Waals surface area contributed by atoms with Crippen LogP contribution in [0.3, 0.4) is 0 Å². The van der Waals surface area contributed by atoms with Crippen molar-refractivity contribution in [2.45, 2.75) is 6.04 Å². The lowest BCUT2D eigenvalue weighted by Gasteiger charge is -2.15. The highest BCUT2D eigenvalue weighted by atomic mass is 19.1. The van der Waals surface area contributed by atoms with E-state index in [1.807, 2.05) is 12.1 Å². The molecule has 0 aromatic heterocycles. The van der Waals surface area contributed by atoms with Gasteiger partial charge in [0.05, 0.1) is 20.3 Å². The molecular weight excluding hydrogens is 245 g/mol. The van der Waals surface area contributed by atoms with Crippen molar-refractivity contribution in [3.05, 3.63) is 59.4 Å². The van der Waals surface area contributed by atoms with Gasteiger partial charge in [-0.2, -0.15) is 0 Å². The van der Waals surface area contributed by atoms with Crippen molar-refractivity contribution >= 4 is 0 Å². The molecule has 1 unspecified atom stereocenters. The number of hydrogen-bond donors (Lipinski definition) is 1. The molecule has 2 rings (SSSR count). The molecule has 0 fully saturated rings. The molecule has 0 saturated carbocycles. The van der Waals surface area contributed by atoms with E-state index in [2.05, 4.69) is 0 Å². The van der Waals surface area contributed by atoms with E-state index < -0.39 is 0 Å². The molecule has 4 heteroatoms. The molecule has 0 spiro atoms. The highest BCUT2D eigenvalue weighted by molar-refractivity contribution is 5.45. The van der Waals surface area contributed by atoms with Crippen LogP contribution >= 0.6 is 0 Å². The van der Waals surface area contributed by atoms with E-state index in [-0.39, 0.29) is 11.9 Å². The fourth-order valence-corrected chi connectivity index (χ4v) is 1.91. The predicted molar refractivity (Wildman–Crippen MR) is 72.0 cm³/mol. The highest BCUT2D eigenvalue weighted by Gasteiger charge is 2.12. The second-order valence-corrected chi connectivity index (χ2v) is 4.14. The molecule has 0 heterocycles. The zero-order valence-electron chi connectivity index (χ0n) is 10.9. The van der Waals surface area contributed by atoms with E-state index in [0.717, 1.165) is 11.1 Å². The van der Waals surface area contributed by atoms with Crippen molar-refractivity contribution in [2.75, 3.05) is 14.2 Å². The minimum absolute atomic E-state index is 0.275. The number of hydrogen-bond acceptors (Lipinski definition) is 3. The molecule has 2 aromatic rings. The summed E-state index contributed by atoms with van der Waals surface area (Å²) < 4.78 is 23.3. The Kier molecular flexibility index (Phi) is 4.02. The second-order valence-electron chi connectivity index (χ2n) is 4.14. The van der Waals surface area contributed by atoms with E-state index in [0.29, 0.717) is 11.5 Å². The van der Waals surface area contributed by atoms with Gasteiger partial charge in [0.2, 0.25) is 0 Å². The monoisotopic (exact) mass is 261 g/mol. The van der Waals surface area contributed by atoms with Crippen LogP contribution in [0.1, 0.15) is 17.2 Å². The van der Waals surface area contributed by atoms with Crippen LogP contribution < -0.4 is 15.2 Å². The number of nitrogens with two attached hydrogens (primary N) is 1. The first-order valence-corrected chi connectivity index (χ1v) is 5.88. The molecule has 0 radical (unpaired) electrons. The van der Waals surface area contributed by atoms with Crippen molar-refractivity contribution in [1.82, 2.24) is 0 Å². The third kappa shape index (κ3) is 2.85. The zero-order chi connectivity index (χ0) is 13.8. The first-order valence-electron chi connectivity index (χ1n) is 5.88. The van der Waals surface area contributed by atoms with Crippen molar-refractivity contribution in [2.24, 2.45) is 5.73 Å². The lowest BCUT2D eigenvalue weighted by atomic mass is 9.99. The fourth-order valence-electron chi connectivity index (χ4n) is 1.91. The Morgan fingerprint density at radius 3 is 2.05 bits per heavy atom. The van der Waals surface area contributed by atoms with E-state index in [4.69, 9.17) is 15.2 Å². The maximum absolute atomic E-state index is 12.9. The van der Waals surface area contributed by atoms with Crippen molar-refractivity contribution < 1.29 is 13.9 Å². The third-order valence-corrected chi connectivity index (χ3v) is 3.00. The fraction of sp³-hybridized carbons (Fsp3) is 0.200. The summed E-state index contributed by atoms with van der Waals surface area (Å²) in [7, 11) is 3.16. The van der Waals surface area contributed by atoms with Gasteiger partial charge in [-0.1, -0.05) is 18.2 Å². The summed E-state index contributed by atoms with van der Waals surface area (Å²) >= 11 is 0. The lowest BCUT2D eigenvalue weighted by molar-refractivity contribution is 0.354. The van der Waals surface area contributed by atoms with Crippen LogP contribution in [-0.2, 0) is 0 Å². The molecule has 0 amide bonds. The van der Waals surface area contributed by atoms with Crippen molar-refractivity contribution in [3.63, 3.8) is 0 Å². The molecule has 19 heavy (non-hydrogen) atoms. The Morgan fingerprint density at radius 2 is 1.47 bits per heavy atom. The maximum Gasteiger partial charge on any atom is 0.161 e. The summed E-state index contributed by atoms with van der Waals surface area (Å²) in [5.41, 5.74) is 7.88. The Labute approximate surface area is 111 Å². The van der Waals surface area contributed by atoms with Crippen LogP contribution in [0.15, 0.2) is 42.5 Å². The summed E-state index contributed by atoms with van der Waals surface area (Å²) in [5, 5.41) is 0. The minimum Gasteiger partial charge on any atom is -0.493 e. The number of halogens is 1. The molecule has 1 atom stereocenters. The van der Waals surface area contributed by atoms with E-state index in [1.165, 1.54) is 12.1 Å². The maximum atomic E-state index is 12.9. The van der Waals surface area contributed by atoms with Gasteiger partial charge < -0.3 is 15.2 Å². The Hall–Kier alpha value is -2.07. The van der Waals surface area contributed by atoms with E-state index in [9.17, 15) is 4.39 Å². The SMILES string of the molecule is COc1ccc(C(N)c2ccc(F)cc2)cc1OC. The minimum atomic E-state index is -0.333. The molecular formula is C15H16FNO2. The van der Waals surface area contributed by atoms with Gasteiger partial charge in [-0.05, 0) is 35.4 Å². The first kappa shape index (κ1) is 13.4. The highest BCUT2D eigenvalue weighted by Crippen LogP contribution is 2.31. The topological polar surface area (TPSA) is 44.5 Å². The number of ether oxygens (including phenoxy) is 2. The number of benzene rings is 2. The number of methoxy groups -OCH3 is 2. The Bertz CT molecular complexity index is 555. The largest absolute Gasteiger partial charge is 0.493 e. The van der Waals surface area contributed by atoms with Gasteiger partial charge in [0.1, 0.15) is 5.82 Å². The molecule has 0 aliphatic heterocycles. The summed E-state index contributed by atoms with van der Waals surface area (Å²) in [6.07, 6.45) is 0. The van der Waals surface area contributed by atoms with Crippen LogP contribution in [0.4, 0.5) is 4.39 Å². The van der Waals surface area contributed by atoms with Crippen LogP contribution in [0.5, 0.6) is 11.5 Å². The average molecular weight is 261 g/mol. The standard InChI is InChI=1S/C15H16FNO2/c1-18-13-8-5-11(9-14(13)19-2)15(17)10-3-6-12(16)7-4-10/h3-9,15H,17H2,1-2H3. The lowest BCUT2D eigenvalue weighted by Crippen LogP contribution is -2.12. The second kappa shape index (κ2) is 5.71. The molecule has 0 bridgehead atoms. The van der Waals surface area contributed by atoms with Gasteiger partial charge in [-0.15, -0.1) is 0 Å². The smallest absolute Gasteiger partial charge is 0.161 e. The van der Waals surface area contributed by atoms with Gasteiger partial charge in [-0.25, -0.2) is 4.39 Å². The molecule has 2 N–H and O–H groups in total. The summed E-state index contributed by atoms with van der Waals surface area (Å²) in [6.45, 7) is 0. The Balaban J connectivity index is 2.33. The molecule has 0 saturated heterocycles. The van der Waals surface area contributed by atoms with Crippen molar-refractivity contribution in [1.29, 1.82) is 0 Å². The first-order chi connectivity index (χ1) is 9.15. The molecule has 0 aliphatic carbocycles. The van der Waals surface area contributed by atoms with Crippen LogP contribution in [-0.4, -0.2) is 14.2 Å². The molecule has 3 nitrogen and oxygen atoms in total. The normalized spacial score (nSPS) is 12.0. The quantitative estimate of drug-likeness (QED) is 0.920. The predicted octanol–water partition coefficient (Wildman–Crippen LogP) is 2.89. The third-order valence-electron chi connectivity index (χ3n) is 3.00. The van der Waals surface area contributed by atoms with Gasteiger partial charge in [-0.3, -0.25) is 0 Å². The summed E-state index contributed by atoms with van der Waals surface area (Å²) in [6, 6.07) is 11.3. The summed E-state index contributed by atoms with van der Waals surface area (Å²) in [4.78, 5) is 0. The van der Waals surface area contributed by atoms with Gasteiger partial charge in [0.25, 0.3) is 0 Å². The van der Waals surface area contributed by atoms with E-state index in [1.54, 1.807) is 32.4 Å². The van der Waals surface area contributed by atoms with Crippen molar-refractivity contribution in [3.8, 4) is 11.5 Å². The van der Waals surface area contributed by atoms with Crippen LogP contribution in [0, 0.1) is 5.82 Å². The number of rotatable bonds is 4. The van der Waals surface area contributed by atoms with Crippen LogP contribution in [0.25, 0.3) is 0 Å². The average Bonchev–Trinajstić information content (AvgIpc) is 2.46. The molecule has 0 aliphatic rings. The van der Waals surface area contributed by atoms with Gasteiger partial charge >= 0.3 is 0 Å². The zero-order valence-corrected chi connectivity index (χ0v) is 10.9.